The van der Waals surface area contributed by atoms with Crippen molar-refractivity contribution in [2.45, 2.75) is 5.92 Å². The highest BCUT2D eigenvalue weighted by molar-refractivity contribution is 5.90. The van der Waals surface area contributed by atoms with Gasteiger partial charge in [0.1, 0.15) is 5.92 Å². The Balaban J connectivity index is 0.000000299. The smallest absolute Gasteiger partial charge is 0.315 e. The Morgan fingerprint density at radius 2 is 1.25 bits per heavy atom. The number of hydrogen-bond acceptors (Lipinski definition) is 2. The van der Waals surface area contributed by atoms with Gasteiger partial charge in [0.2, 0.25) is 0 Å². The largest absolute Gasteiger partial charge is 0.481 e. The predicted molar refractivity (Wildman–Crippen MR) is 96.9 cm³/mol. The van der Waals surface area contributed by atoms with E-state index in [1.165, 1.54) is 4.90 Å². The molecule has 3 nitrogen and oxygen atoms in total. The number of fused-ring (bicyclic) bond motifs is 2. The van der Waals surface area contributed by atoms with Crippen molar-refractivity contribution in [3.63, 3.8) is 0 Å². The lowest BCUT2D eigenvalue weighted by molar-refractivity contribution is -0.137. The lowest BCUT2D eigenvalue weighted by Gasteiger charge is -2.33. The van der Waals surface area contributed by atoms with Gasteiger partial charge in [-0.25, -0.2) is 0 Å². The molecule has 0 amide bonds. The maximum Gasteiger partial charge on any atom is 0.315 e. The lowest BCUT2D eigenvalue weighted by Crippen LogP contribution is -2.25. The first-order valence-corrected chi connectivity index (χ1v) is 7.62. The molecular formula is C21H19NO2. The van der Waals surface area contributed by atoms with Gasteiger partial charge < -0.3 is 10.0 Å². The quantitative estimate of drug-likeness (QED) is 0.708. The Kier molecular flexibility index (Phi) is 3.61. The van der Waals surface area contributed by atoms with Crippen LogP contribution in [0.15, 0.2) is 84.9 Å². The first-order valence-electron chi connectivity index (χ1n) is 9.12. The number of hydrogen-bond donors (Lipinski definition) is 1. The minimum atomic E-state index is -2.38. The molecule has 1 aliphatic heterocycles. The van der Waals surface area contributed by atoms with Crippen molar-refractivity contribution in [3.8, 4) is 0 Å². The third-order valence-electron chi connectivity index (χ3n) is 3.89. The van der Waals surface area contributed by atoms with Gasteiger partial charge in [0.05, 0.1) is 0 Å². The summed E-state index contributed by atoms with van der Waals surface area (Å²) in [6.45, 7) is -2.38. The number of benzene rings is 3. The van der Waals surface area contributed by atoms with Crippen LogP contribution >= 0.6 is 0 Å². The van der Waals surface area contributed by atoms with Crippen molar-refractivity contribution in [1.29, 1.82) is 0 Å². The van der Waals surface area contributed by atoms with Gasteiger partial charge in [-0.3, -0.25) is 4.79 Å². The van der Waals surface area contributed by atoms with E-state index < -0.39 is 18.9 Å². The molecule has 0 spiro atoms. The summed E-state index contributed by atoms with van der Waals surface area (Å²) < 4.78 is 23.3. The van der Waals surface area contributed by atoms with Crippen molar-refractivity contribution in [1.82, 2.24) is 0 Å². The monoisotopic (exact) mass is 320 g/mol. The Bertz CT molecular complexity index is 852. The van der Waals surface area contributed by atoms with E-state index in [1.54, 1.807) is 48.5 Å². The molecule has 0 atom stereocenters. The van der Waals surface area contributed by atoms with Crippen LogP contribution in [0.25, 0.3) is 0 Å². The minimum absolute atomic E-state index is 0.420. The molecule has 3 aromatic carbocycles. The Morgan fingerprint density at radius 1 is 0.833 bits per heavy atom. The van der Waals surface area contributed by atoms with Gasteiger partial charge in [0.15, 0.2) is 0 Å². The molecule has 0 saturated heterocycles. The Hall–Kier alpha value is -3.07. The molecule has 3 heteroatoms. The van der Waals surface area contributed by atoms with Gasteiger partial charge in [0, 0.05) is 22.5 Å². The van der Waals surface area contributed by atoms with Crippen LogP contribution in [0.2, 0.25) is 0 Å². The molecule has 0 bridgehead atoms. The van der Waals surface area contributed by atoms with Crippen LogP contribution in [0.4, 0.5) is 11.4 Å². The molecule has 0 aromatic heterocycles. The van der Waals surface area contributed by atoms with E-state index in [1.807, 2.05) is 36.4 Å². The lowest BCUT2D eigenvalue weighted by atomic mass is 9.85. The molecule has 1 aliphatic rings. The highest BCUT2D eigenvalue weighted by atomic mass is 16.4. The number of anilines is 2. The number of carbonyl (C=O) groups is 1. The fourth-order valence-electron chi connectivity index (χ4n) is 2.82. The normalized spacial score (nSPS) is 14.8. The molecule has 120 valence electrons. The van der Waals surface area contributed by atoms with Gasteiger partial charge >= 0.3 is 5.97 Å². The molecule has 0 fully saturated rings. The zero-order chi connectivity index (χ0) is 19.4. The summed E-state index contributed by atoms with van der Waals surface area (Å²) in [6, 6.07) is 25.5. The van der Waals surface area contributed by atoms with Crippen LogP contribution in [0.1, 0.15) is 21.2 Å². The van der Waals surface area contributed by atoms with Crippen molar-refractivity contribution >= 4 is 17.3 Å². The van der Waals surface area contributed by atoms with Crippen LogP contribution < -0.4 is 4.90 Å². The standard InChI is InChI=1S/C15H13NO2.C6H6/c1-16-12-8-4-2-6-10(12)14(15(17)18)11-7-3-5-9-13(11)16;1-2-4-6-5-3-1/h2-9,14H,1H3,(H,17,18);1-6H/i1D3;. The third-order valence-corrected chi connectivity index (χ3v) is 3.89. The van der Waals surface area contributed by atoms with Gasteiger partial charge in [-0.2, -0.15) is 0 Å². The Labute approximate surface area is 146 Å². The summed E-state index contributed by atoms with van der Waals surface area (Å²) in [4.78, 5) is 12.9. The van der Waals surface area contributed by atoms with E-state index in [0.717, 1.165) is 0 Å². The van der Waals surface area contributed by atoms with E-state index >= 15 is 0 Å². The second kappa shape index (κ2) is 7.01. The number of aliphatic carboxylic acids is 1. The van der Waals surface area contributed by atoms with E-state index in [-0.39, 0.29) is 0 Å². The second-order valence-electron chi connectivity index (χ2n) is 5.38. The summed E-state index contributed by atoms with van der Waals surface area (Å²) in [5.41, 5.74) is 1.84. The average Bonchev–Trinajstić information content (AvgIpc) is 2.66. The number of para-hydroxylation sites is 2. The van der Waals surface area contributed by atoms with Crippen LogP contribution in [-0.4, -0.2) is 18.1 Å². The summed E-state index contributed by atoms with van der Waals surface area (Å²) in [6.07, 6.45) is 0. The van der Waals surface area contributed by atoms with Crippen molar-refractivity contribution in [3.05, 3.63) is 96.1 Å². The van der Waals surface area contributed by atoms with Gasteiger partial charge in [0.25, 0.3) is 0 Å². The van der Waals surface area contributed by atoms with E-state index in [9.17, 15) is 9.90 Å². The highest BCUT2D eigenvalue weighted by Gasteiger charge is 2.32. The molecule has 1 N–H and O–H groups in total. The topological polar surface area (TPSA) is 40.5 Å². The number of nitrogens with zero attached hydrogens (tertiary/aromatic N) is 1. The highest BCUT2D eigenvalue weighted by Crippen LogP contribution is 2.44. The van der Waals surface area contributed by atoms with E-state index in [0.29, 0.717) is 22.5 Å². The first-order chi connectivity index (χ1) is 12.9. The fourth-order valence-corrected chi connectivity index (χ4v) is 2.82. The molecule has 0 saturated carbocycles. The third kappa shape index (κ3) is 3.01. The summed E-state index contributed by atoms with van der Waals surface area (Å²) in [5, 5.41) is 9.56. The van der Waals surface area contributed by atoms with Crippen molar-refractivity contribution < 1.29 is 14.0 Å². The van der Waals surface area contributed by atoms with Crippen molar-refractivity contribution in [2.75, 3.05) is 11.9 Å². The second-order valence-corrected chi connectivity index (χ2v) is 5.38. The van der Waals surface area contributed by atoms with Crippen LogP contribution in [0.3, 0.4) is 0 Å². The summed E-state index contributed by atoms with van der Waals surface area (Å²) in [5.74, 6) is -1.84. The molecule has 3 aromatic rings. The molecule has 0 unspecified atom stereocenters. The van der Waals surface area contributed by atoms with Crippen LogP contribution in [0.5, 0.6) is 0 Å². The maximum atomic E-state index is 11.7. The van der Waals surface area contributed by atoms with Gasteiger partial charge in [-0.05, 0) is 23.3 Å². The SMILES string of the molecule is [2H]C([2H])([2H])N1c2ccccc2C(C(=O)O)c2ccccc21.c1ccccc1. The average molecular weight is 320 g/mol. The molecular weight excluding hydrogens is 298 g/mol. The van der Waals surface area contributed by atoms with E-state index in [4.69, 9.17) is 4.11 Å². The van der Waals surface area contributed by atoms with Crippen molar-refractivity contribution in [2.24, 2.45) is 0 Å². The zero-order valence-corrected chi connectivity index (χ0v) is 13.0. The molecule has 1 heterocycles. The maximum absolute atomic E-state index is 11.7. The fraction of sp³-hybridized carbons (Fsp3) is 0.0952. The number of rotatable bonds is 1. The van der Waals surface area contributed by atoms with E-state index in [2.05, 4.69) is 0 Å². The van der Waals surface area contributed by atoms with Gasteiger partial charge in [-0.1, -0.05) is 72.8 Å². The van der Waals surface area contributed by atoms with Crippen LogP contribution in [-0.2, 0) is 4.79 Å². The molecule has 0 aliphatic carbocycles. The summed E-state index contributed by atoms with van der Waals surface area (Å²) >= 11 is 0. The Morgan fingerprint density at radius 3 is 1.62 bits per heavy atom. The summed E-state index contributed by atoms with van der Waals surface area (Å²) in [7, 11) is 0. The number of carboxylic acid groups (broad SMARTS) is 1. The van der Waals surface area contributed by atoms with Gasteiger partial charge in [-0.15, -0.1) is 0 Å². The first kappa shape index (κ1) is 12.4. The minimum Gasteiger partial charge on any atom is -0.481 e. The zero-order valence-electron chi connectivity index (χ0n) is 16.0. The number of carboxylic acids is 1. The van der Waals surface area contributed by atoms with Crippen LogP contribution in [0, 0.1) is 0 Å². The molecule has 24 heavy (non-hydrogen) atoms. The molecule has 4 rings (SSSR count). The molecule has 0 radical (unpaired) electrons. The predicted octanol–water partition coefficient (Wildman–Crippen LogP) is 4.67.